The number of rotatable bonds is 7. The summed E-state index contributed by atoms with van der Waals surface area (Å²) in [7, 11) is -3.12. The van der Waals surface area contributed by atoms with Crippen LogP contribution in [0.25, 0.3) is 0 Å². The predicted octanol–water partition coefficient (Wildman–Crippen LogP) is 0.497. The van der Waals surface area contributed by atoms with Crippen molar-refractivity contribution in [2.45, 2.75) is 13.0 Å². The molecule has 1 rings (SSSR count). The highest BCUT2D eigenvalue weighted by Crippen LogP contribution is 2.13. The molecule has 0 aliphatic carbocycles. The zero-order valence-corrected chi connectivity index (χ0v) is 10.5. The van der Waals surface area contributed by atoms with Crippen molar-refractivity contribution in [1.82, 2.24) is 4.72 Å². The SMILES string of the molecule is CS(=O)(=O)NCCCOc1cccc(CO)c1. The normalized spacial score (nSPS) is 11.4. The van der Waals surface area contributed by atoms with Crippen molar-refractivity contribution in [3.8, 4) is 5.75 Å². The van der Waals surface area contributed by atoms with Crippen LogP contribution in [-0.2, 0) is 16.6 Å². The largest absolute Gasteiger partial charge is 0.494 e. The van der Waals surface area contributed by atoms with Crippen molar-refractivity contribution >= 4 is 10.0 Å². The molecule has 6 heteroatoms. The van der Waals surface area contributed by atoms with Gasteiger partial charge in [-0.3, -0.25) is 0 Å². The van der Waals surface area contributed by atoms with Crippen LogP contribution in [0.2, 0.25) is 0 Å². The number of benzene rings is 1. The monoisotopic (exact) mass is 259 g/mol. The quantitative estimate of drug-likeness (QED) is 0.699. The van der Waals surface area contributed by atoms with Crippen molar-refractivity contribution in [3.05, 3.63) is 29.8 Å². The molecule has 5 nitrogen and oxygen atoms in total. The van der Waals surface area contributed by atoms with Gasteiger partial charge in [-0.05, 0) is 24.1 Å². The molecule has 17 heavy (non-hydrogen) atoms. The summed E-state index contributed by atoms with van der Waals surface area (Å²) in [5.41, 5.74) is 0.789. The van der Waals surface area contributed by atoms with Crippen molar-refractivity contribution < 1.29 is 18.3 Å². The van der Waals surface area contributed by atoms with E-state index in [2.05, 4.69) is 4.72 Å². The summed E-state index contributed by atoms with van der Waals surface area (Å²) < 4.78 is 29.3. The zero-order chi connectivity index (χ0) is 12.7. The Morgan fingerprint density at radius 2 is 2.18 bits per heavy atom. The van der Waals surface area contributed by atoms with Crippen LogP contribution < -0.4 is 9.46 Å². The van der Waals surface area contributed by atoms with Crippen LogP contribution in [0.15, 0.2) is 24.3 Å². The number of sulfonamides is 1. The van der Waals surface area contributed by atoms with Crippen molar-refractivity contribution in [2.24, 2.45) is 0 Å². The lowest BCUT2D eigenvalue weighted by Crippen LogP contribution is -2.24. The van der Waals surface area contributed by atoms with Gasteiger partial charge in [-0.1, -0.05) is 12.1 Å². The summed E-state index contributed by atoms with van der Waals surface area (Å²) in [5, 5.41) is 8.93. The molecule has 96 valence electrons. The average Bonchev–Trinajstić information content (AvgIpc) is 2.27. The highest BCUT2D eigenvalue weighted by atomic mass is 32.2. The Hall–Kier alpha value is -1.11. The number of aliphatic hydroxyl groups excluding tert-OH is 1. The maximum absolute atomic E-state index is 10.8. The summed E-state index contributed by atoms with van der Waals surface area (Å²) in [6.45, 7) is 0.767. The van der Waals surface area contributed by atoms with Crippen LogP contribution >= 0.6 is 0 Å². The minimum absolute atomic E-state index is 0.0210. The topological polar surface area (TPSA) is 75.6 Å². The Morgan fingerprint density at radius 3 is 2.82 bits per heavy atom. The fraction of sp³-hybridized carbons (Fsp3) is 0.455. The zero-order valence-electron chi connectivity index (χ0n) is 9.72. The lowest BCUT2D eigenvalue weighted by atomic mass is 10.2. The van der Waals surface area contributed by atoms with Gasteiger partial charge in [-0.15, -0.1) is 0 Å². The summed E-state index contributed by atoms with van der Waals surface area (Å²) in [6.07, 6.45) is 1.72. The second-order valence-corrected chi connectivity index (χ2v) is 5.51. The Morgan fingerprint density at radius 1 is 1.41 bits per heavy atom. The van der Waals surface area contributed by atoms with E-state index in [1.807, 2.05) is 0 Å². The van der Waals surface area contributed by atoms with Gasteiger partial charge in [-0.25, -0.2) is 13.1 Å². The van der Waals surface area contributed by atoms with Gasteiger partial charge in [0.2, 0.25) is 10.0 Å². The highest BCUT2D eigenvalue weighted by Gasteiger charge is 1.99. The molecule has 0 aliphatic heterocycles. The first kappa shape index (κ1) is 14.0. The summed E-state index contributed by atoms with van der Waals surface area (Å²) in [4.78, 5) is 0. The number of hydrogen-bond acceptors (Lipinski definition) is 4. The maximum atomic E-state index is 10.8. The Labute approximate surface area is 101 Å². The third-order valence-electron chi connectivity index (χ3n) is 2.04. The van der Waals surface area contributed by atoms with E-state index in [1.165, 1.54) is 0 Å². The molecule has 0 amide bonds. The van der Waals surface area contributed by atoms with Gasteiger partial charge in [0.05, 0.1) is 19.5 Å². The number of ether oxygens (including phenoxy) is 1. The van der Waals surface area contributed by atoms with Gasteiger partial charge in [0, 0.05) is 6.54 Å². The van der Waals surface area contributed by atoms with E-state index in [1.54, 1.807) is 24.3 Å². The fourth-order valence-corrected chi connectivity index (χ4v) is 1.77. The molecule has 1 aromatic rings. The van der Waals surface area contributed by atoms with Gasteiger partial charge in [0.1, 0.15) is 5.75 Å². The van der Waals surface area contributed by atoms with Crippen LogP contribution in [0.1, 0.15) is 12.0 Å². The fourth-order valence-electron chi connectivity index (χ4n) is 1.25. The standard InChI is InChI=1S/C11H17NO4S/c1-17(14,15)12-6-3-7-16-11-5-2-4-10(8-11)9-13/h2,4-5,8,12-13H,3,6-7,9H2,1H3. The molecular formula is C11H17NO4S. The smallest absolute Gasteiger partial charge is 0.208 e. The van der Waals surface area contributed by atoms with Gasteiger partial charge >= 0.3 is 0 Å². The van der Waals surface area contributed by atoms with Crippen molar-refractivity contribution in [3.63, 3.8) is 0 Å². The molecule has 1 aromatic carbocycles. The maximum Gasteiger partial charge on any atom is 0.208 e. The third-order valence-corrected chi connectivity index (χ3v) is 2.76. The number of aliphatic hydroxyl groups is 1. The lowest BCUT2D eigenvalue weighted by Gasteiger charge is -2.07. The molecule has 2 N–H and O–H groups in total. The molecular weight excluding hydrogens is 242 g/mol. The lowest BCUT2D eigenvalue weighted by molar-refractivity contribution is 0.278. The van der Waals surface area contributed by atoms with E-state index < -0.39 is 10.0 Å². The van der Waals surface area contributed by atoms with E-state index in [0.717, 1.165) is 11.8 Å². The molecule has 0 aliphatic rings. The Bertz CT molecular complexity index is 445. The van der Waals surface area contributed by atoms with Crippen LogP contribution in [0.4, 0.5) is 0 Å². The molecule has 0 unspecified atom stereocenters. The van der Waals surface area contributed by atoms with Gasteiger partial charge in [-0.2, -0.15) is 0 Å². The van der Waals surface area contributed by atoms with E-state index in [9.17, 15) is 8.42 Å². The van der Waals surface area contributed by atoms with E-state index in [4.69, 9.17) is 9.84 Å². The molecule has 0 spiro atoms. The van der Waals surface area contributed by atoms with Crippen LogP contribution in [-0.4, -0.2) is 32.9 Å². The molecule has 0 saturated carbocycles. The molecule has 0 radical (unpaired) electrons. The first-order chi connectivity index (χ1) is 8.01. The number of nitrogens with one attached hydrogen (secondary N) is 1. The Balaban J connectivity index is 2.26. The summed E-state index contributed by atoms with van der Waals surface area (Å²) in [6, 6.07) is 7.15. The molecule has 0 atom stereocenters. The van der Waals surface area contributed by atoms with E-state index in [-0.39, 0.29) is 6.61 Å². The molecule has 0 heterocycles. The van der Waals surface area contributed by atoms with E-state index in [0.29, 0.717) is 25.3 Å². The van der Waals surface area contributed by atoms with Crippen molar-refractivity contribution in [2.75, 3.05) is 19.4 Å². The second kappa shape index (κ2) is 6.58. The van der Waals surface area contributed by atoms with E-state index >= 15 is 0 Å². The van der Waals surface area contributed by atoms with Gasteiger partial charge in [0.15, 0.2) is 0 Å². The minimum Gasteiger partial charge on any atom is -0.494 e. The summed E-state index contributed by atoms with van der Waals surface area (Å²) in [5.74, 6) is 0.677. The predicted molar refractivity (Wildman–Crippen MR) is 65.3 cm³/mol. The second-order valence-electron chi connectivity index (χ2n) is 3.67. The molecule has 0 bridgehead atoms. The van der Waals surface area contributed by atoms with Gasteiger partial charge in [0.25, 0.3) is 0 Å². The molecule has 0 saturated heterocycles. The minimum atomic E-state index is -3.12. The molecule has 0 fully saturated rings. The molecule has 0 aromatic heterocycles. The third kappa shape index (κ3) is 6.25. The average molecular weight is 259 g/mol. The number of hydrogen-bond donors (Lipinski definition) is 2. The summed E-state index contributed by atoms with van der Waals surface area (Å²) >= 11 is 0. The van der Waals surface area contributed by atoms with Crippen molar-refractivity contribution in [1.29, 1.82) is 0 Å². The van der Waals surface area contributed by atoms with Crippen LogP contribution in [0, 0.1) is 0 Å². The first-order valence-corrected chi connectivity index (χ1v) is 7.17. The highest BCUT2D eigenvalue weighted by molar-refractivity contribution is 7.88. The van der Waals surface area contributed by atoms with Crippen LogP contribution in [0.5, 0.6) is 5.75 Å². The van der Waals surface area contributed by atoms with Gasteiger partial charge < -0.3 is 9.84 Å². The Kier molecular flexibility index (Phi) is 5.40. The van der Waals surface area contributed by atoms with Crippen LogP contribution in [0.3, 0.4) is 0 Å². The first-order valence-electron chi connectivity index (χ1n) is 5.28.